The van der Waals surface area contributed by atoms with Gasteiger partial charge in [-0.25, -0.2) is 10.4 Å². The first-order chi connectivity index (χ1) is 17.0. The average molecular weight is 545 g/mol. The van der Waals surface area contributed by atoms with Crippen molar-refractivity contribution in [3.05, 3.63) is 82.3 Å². The molecule has 0 fully saturated rings. The van der Waals surface area contributed by atoms with E-state index in [1.807, 2.05) is 24.3 Å². The second-order valence-corrected chi connectivity index (χ2v) is 10.2. The van der Waals surface area contributed by atoms with Gasteiger partial charge in [-0.3, -0.25) is 9.59 Å². The van der Waals surface area contributed by atoms with Crippen molar-refractivity contribution >= 4 is 80.2 Å². The molecular weight excluding hydrogens is 527 g/mol. The van der Waals surface area contributed by atoms with Gasteiger partial charge in [-0.1, -0.05) is 47.1 Å². The van der Waals surface area contributed by atoms with E-state index in [1.165, 1.54) is 18.0 Å². The molecule has 0 saturated carbocycles. The number of nitrogens with zero attached hydrogens (tertiary/aromatic N) is 2. The number of ether oxygens (including phenoxy) is 1. The van der Waals surface area contributed by atoms with Gasteiger partial charge in [0.2, 0.25) is 0 Å². The molecule has 0 aliphatic carbocycles. The summed E-state index contributed by atoms with van der Waals surface area (Å²) in [5.41, 5.74) is 4.60. The Labute approximate surface area is 219 Å². The van der Waals surface area contributed by atoms with Gasteiger partial charge >= 0.3 is 0 Å². The summed E-state index contributed by atoms with van der Waals surface area (Å²) in [7, 11) is 0. The molecule has 35 heavy (non-hydrogen) atoms. The molecule has 7 nitrogen and oxygen atoms in total. The number of aromatic nitrogens is 1. The largest absolute Gasteiger partial charge is 0.484 e. The zero-order valence-corrected chi connectivity index (χ0v) is 21.2. The highest BCUT2D eigenvalue weighted by molar-refractivity contribution is 8.01. The molecule has 4 aromatic rings. The molecule has 0 bridgehead atoms. The highest BCUT2D eigenvalue weighted by Crippen LogP contribution is 2.29. The minimum Gasteiger partial charge on any atom is -0.484 e. The van der Waals surface area contributed by atoms with Gasteiger partial charge in [-0.05, 0) is 60.2 Å². The molecule has 0 aliphatic rings. The molecule has 4 rings (SSSR count). The Morgan fingerprint density at radius 2 is 1.86 bits per heavy atom. The third-order valence-corrected chi connectivity index (χ3v) is 7.20. The maximum absolute atomic E-state index is 12.1. The van der Waals surface area contributed by atoms with Crippen LogP contribution in [0.2, 0.25) is 10.0 Å². The predicted molar refractivity (Wildman–Crippen MR) is 143 cm³/mol. The molecule has 0 unspecified atom stereocenters. The van der Waals surface area contributed by atoms with E-state index < -0.39 is 0 Å². The Balaban J connectivity index is 1.19. The summed E-state index contributed by atoms with van der Waals surface area (Å²) in [5, 5.41) is 7.48. The van der Waals surface area contributed by atoms with E-state index in [9.17, 15) is 9.59 Å². The molecule has 2 N–H and O–H groups in total. The number of hydrogen-bond donors (Lipinski definition) is 2. The molecule has 1 aromatic heterocycles. The second-order valence-electron chi connectivity index (χ2n) is 7.06. The molecular formula is C24H18Cl2N4O3S2. The fourth-order valence-corrected chi connectivity index (χ4v) is 5.03. The number of hydrazone groups is 1. The van der Waals surface area contributed by atoms with Crippen molar-refractivity contribution in [2.24, 2.45) is 5.10 Å². The summed E-state index contributed by atoms with van der Waals surface area (Å²) in [6.07, 6.45) is 1.53. The SMILES string of the molecule is O=C(CSc1nc2ccccc2s1)N/N=C\c1ccc(OCC(=O)Nc2cc(Cl)ccc2Cl)cc1. The lowest BCUT2D eigenvalue weighted by atomic mass is 10.2. The van der Waals surface area contributed by atoms with E-state index in [1.54, 1.807) is 53.8 Å². The van der Waals surface area contributed by atoms with Crippen molar-refractivity contribution in [3.63, 3.8) is 0 Å². The van der Waals surface area contributed by atoms with Crippen LogP contribution < -0.4 is 15.5 Å². The van der Waals surface area contributed by atoms with Crippen LogP contribution in [0.3, 0.4) is 0 Å². The van der Waals surface area contributed by atoms with Gasteiger partial charge < -0.3 is 10.1 Å². The lowest BCUT2D eigenvalue weighted by molar-refractivity contribution is -0.119. The molecule has 11 heteroatoms. The number of hydrogen-bond acceptors (Lipinski definition) is 7. The Hall–Kier alpha value is -3.11. The lowest BCUT2D eigenvalue weighted by Crippen LogP contribution is -2.20. The molecule has 0 spiro atoms. The first-order valence-electron chi connectivity index (χ1n) is 10.2. The Morgan fingerprint density at radius 1 is 1.06 bits per heavy atom. The maximum Gasteiger partial charge on any atom is 0.262 e. The number of thioether (sulfide) groups is 1. The summed E-state index contributed by atoms with van der Waals surface area (Å²) >= 11 is 14.9. The Kier molecular flexibility index (Phi) is 8.59. The zero-order chi connectivity index (χ0) is 24.6. The molecule has 2 amide bonds. The number of rotatable bonds is 9. The average Bonchev–Trinajstić information content (AvgIpc) is 3.28. The lowest BCUT2D eigenvalue weighted by Gasteiger charge is -2.09. The van der Waals surface area contributed by atoms with E-state index in [0.29, 0.717) is 21.5 Å². The summed E-state index contributed by atoms with van der Waals surface area (Å²) in [6, 6.07) is 19.6. The second kappa shape index (κ2) is 12.0. The van der Waals surface area contributed by atoms with Gasteiger partial charge in [0.15, 0.2) is 10.9 Å². The summed E-state index contributed by atoms with van der Waals surface area (Å²) in [4.78, 5) is 28.6. The number of amides is 2. The number of anilines is 1. The molecule has 3 aromatic carbocycles. The Morgan fingerprint density at radius 3 is 2.66 bits per heavy atom. The number of para-hydroxylation sites is 1. The number of carbonyl (C=O) groups is 2. The molecule has 178 valence electrons. The summed E-state index contributed by atoms with van der Waals surface area (Å²) < 4.78 is 7.42. The topological polar surface area (TPSA) is 92.7 Å². The predicted octanol–water partition coefficient (Wildman–Crippen LogP) is 5.86. The minimum atomic E-state index is -0.369. The van der Waals surface area contributed by atoms with Crippen LogP contribution in [0.5, 0.6) is 5.75 Å². The molecule has 0 saturated heterocycles. The normalized spacial score (nSPS) is 11.0. The molecule has 0 aliphatic heterocycles. The van der Waals surface area contributed by atoms with Crippen molar-refractivity contribution in [1.82, 2.24) is 10.4 Å². The minimum absolute atomic E-state index is 0.196. The Bertz CT molecular complexity index is 1340. The number of nitrogens with one attached hydrogen (secondary N) is 2. The van der Waals surface area contributed by atoms with Gasteiger partial charge in [0, 0.05) is 5.02 Å². The van der Waals surface area contributed by atoms with Crippen LogP contribution in [0.4, 0.5) is 5.69 Å². The number of thiazole rings is 1. The van der Waals surface area contributed by atoms with Crippen LogP contribution in [0.15, 0.2) is 76.2 Å². The number of halogens is 2. The van der Waals surface area contributed by atoms with Crippen LogP contribution in [-0.2, 0) is 9.59 Å². The quantitative estimate of drug-likeness (QED) is 0.156. The third-order valence-electron chi connectivity index (χ3n) is 4.46. The monoisotopic (exact) mass is 544 g/mol. The van der Waals surface area contributed by atoms with Gasteiger partial charge in [0.05, 0.1) is 32.9 Å². The summed E-state index contributed by atoms with van der Waals surface area (Å²) in [5.74, 6) is 0.125. The van der Waals surface area contributed by atoms with Gasteiger partial charge in [-0.15, -0.1) is 11.3 Å². The third kappa shape index (κ3) is 7.43. The molecule has 1 heterocycles. The zero-order valence-electron chi connectivity index (χ0n) is 18.0. The van der Waals surface area contributed by atoms with Crippen molar-refractivity contribution in [3.8, 4) is 5.75 Å². The first kappa shape index (κ1) is 25.0. The number of benzene rings is 3. The van der Waals surface area contributed by atoms with Crippen LogP contribution in [0.25, 0.3) is 10.2 Å². The molecule has 0 radical (unpaired) electrons. The fourth-order valence-electron chi connectivity index (χ4n) is 2.83. The van der Waals surface area contributed by atoms with E-state index in [0.717, 1.165) is 20.1 Å². The summed E-state index contributed by atoms with van der Waals surface area (Å²) in [6.45, 7) is -0.196. The van der Waals surface area contributed by atoms with Gasteiger partial charge in [-0.2, -0.15) is 5.10 Å². The smallest absolute Gasteiger partial charge is 0.262 e. The first-order valence-corrected chi connectivity index (χ1v) is 12.8. The highest BCUT2D eigenvalue weighted by atomic mass is 35.5. The standard InChI is InChI=1S/C24H18Cl2N4O3S2/c25-16-7-10-18(26)20(11-16)28-22(31)13-33-17-8-5-15(6-9-17)12-27-30-23(32)14-34-24-29-19-3-1-2-4-21(19)35-24/h1-12H,13-14H2,(H,28,31)(H,30,32)/b27-12-. The van der Waals surface area contributed by atoms with Crippen LogP contribution in [0, 0.1) is 0 Å². The number of carbonyl (C=O) groups excluding carboxylic acids is 2. The van der Waals surface area contributed by atoms with Crippen LogP contribution in [0.1, 0.15) is 5.56 Å². The fraction of sp³-hybridized carbons (Fsp3) is 0.0833. The van der Waals surface area contributed by atoms with Crippen molar-refractivity contribution < 1.29 is 14.3 Å². The van der Waals surface area contributed by atoms with Crippen molar-refractivity contribution in [2.75, 3.05) is 17.7 Å². The van der Waals surface area contributed by atoms with Crippen molar-refractivity contribution in [1.29, 1.82) is 0 Å². The maximum atomic E-state index is 12.1. The van der Waals surface area contributed by atoms with Gasteiger partial charge in [0.1, 0.15) is 5.75 Å². The van der Waals surface area contributed by atoms with Crippen LogP contribution >= 0.6 is 46.3 Å². The number of fused-ring (bicyclic) bond motifs is 1. The molecule has 0 atom stereocenters. The van der Waals surface area contributed by atoms with Crippen molar-refractivity contribution in [2.45, 2.75) is 4.34 Å². The van der Waals surface area contributed by atoms with E-state index in [2.05, 4.69) is 20.8 Å². The van der Waals surface area contributed by atoms with E-state index in [4.69, 9.17) is 27.9 Å². The van der Waals surface area contributed by atoms with E-state index in [-0.39, 0.29) is 24.2 Å². The van der Waals surface area contributed by atoms with Crippen LogP contribution in [-0.4, -0.2) is 35.4 Å². The highest BCUT2D eigenvalue weighted by Gasteiger charge is 2.08. The van der Waals surface area contributed by atoms with Gasteiger partial charge in [0.25, 0.3) is 11.8 Å². The van der Waals surface area contributed by atoms with E-state index >= 15 is 0 Å².